The molecule has 0 radical (unpaired) electrons. The Bertz CT molecular complexity index is 561. The first-order valence-electron chi connectivity index (χ1n) is 7.15. The fourth-order valence-corrected chi connectivity index (χ4v) is 2.45. The number of halogens is 1. The first-order chi connectivity index (χ1) is 9.61. The van der Waals surface area contributed by atoms with Crippen LogP contribution in [0.4, 0.5) is 0 Å². The van der Waals surface area contributed by atoms with Crippen LogP contribution in [-0.4, -0.2) is 15.8 Å². The molecule has 2 aromatic rings. The molecule has 1 aromatic heterocycles. The van der Waals surface area contributed by atoms with Crippen molar-refractivity contribution in [2.45, 2.75) is 46.3 Å². The fraction of sp³-hybridized carbons (Fsp3) is 0.438. The van der Waals surface area contributed by atoms with E-state index < -0.39 is 0 Å². The number of hydrogen-bond donors (Lipinski definition) is 1. The van der Waals surface area contributed by atoms with Crippen LogP contribution in [-0.2, 0) is 13.1 Å². The van der Waals surface area contributed by atoms with Gasteiger partial charge in [0.25, 0.3) is 0 Å². The lowest BCUT2D eigenvalue weighted by molar-refractivity contribution is 0.589. The smallest absolute Gasteiger partial charge is 0.0697 e. The maximum Gasteiger partial charge on any atom is 0.0697 e. The van der Waals surface area contributed by atoms with Gasteiger partial charge in [0.2, 0.25) is 0 Å². The summed E-state index contributed by atoms with van der Waals surface area (Å²) in [4.78, 5) is 0. The van der Waals surface area contributed by atoms with E-state index in [-0.39, 0.29) is 0 Å². The average molecular weight is 292 g/mol. The zero-order valence-electron chi connectivity index (χ0n) is 12.4. The molecule has 1 heterocycles. The Morgan fingerprint density at radius 1 is 1.30 bits per heavy atom. The molecule has 0 amide bonds. The minimum absolute atomic E-state index is 0.472. The highest BCUT2D eigenvalue weighted by atomic mass is 35.5. The Hall–Kier alpha value is -1.32. The van der Waals surface area contributed by atoms with Crippen molar-refractivity contribution < 1.29 is 0 Å². The lowest BCUT2D eigenvalue weighted by Gasteiger charge is -2.11. The Morgan fingerprint density at radius 3 is 2.75 bits per heavy atom. The zero-order chi connectivity index (χ0) is 14.5. The highest BCUT2D eigenvalue weighted by molar-refractivity contribution is 6.33. The SMILES string of the molecule is CCCn1nccc1-c1ccc(CNC(C)C)cc1Cl. The number of aromatic nitrogens is 2. The molecule has 3 nitrogen and oxygen atoms in total. The molecular formula is C16H22ClN3. The van der Waals surface area contributed by atoms with Crippen LogP contribution >= 0.6 is 11.6 Å². The van der Waals surface area contributed by atoms with Crippen molar-refractivity contribution in [2.75, 3.05) is 0 Å². The summed E-state index contributed by atoms with van der Waals surface area (Å²) in [5.74, 6) is 0. The standard InChI is InChI=1S/C16H22ClN3/c1-4-9-20-16(7-8-19-20)14-6-5-13(10-15(14)17)11-18-12(2)3/h5-8,10,12,18H,4,9,11H2,1-3H3. The summed E-state index contributed by atoms with van der Waals surface area (Å²) in [7, 11) is 0. The normalized spacial score (nSPS) is 11.2. The third kappa shape index (κ3) is 3.62. The van der Waals surface area contributed by atoms with Crippen LogP contribution in [0.2, 0.25) is 5.02 Å². The molecule has 0 aliphatic carbocycles. The van der Waals surface area contributed by atoms with Crippen molar-refractivity contribution in [3.63, 3.8) is 0 Å². The Labute approximate surface area is 126 Å². The molecule has 2 rings (SSSR count). The van der Waals surface area contributed by atoms with E-state index in [1.807, 2.05) is 23.0 Å². The van der Waals surface area contributed by atoms with Gasteiger partial charge in [0.1, 0.15) is 0 Å². The zero-order valence-corrected chi connectivity index (χ0v) is 13.1. The second-order valence-corrected chi connectivity index (χ2v) is 5.70. The second kappa shape index (κ2) is 6.91. The van der Waals surface area contributed by atoms with Gasteiger partial charge in [-0.2, -0.15) is 5.10 Å². The van der Waals surface area contributed by atoms with Crippen LogP contribution in [0.1, 0.15) is 32.8 Å². The third-order valence-electron chi connectivity index (χ3n) is 3.18. The molecule has 108 valence electrons. The third-order valence-corrected chi connectivity index (χ3v) is 3.49. The van der Waals surface area contributed by atoms with Crippen molar-refractivity contribution in [3.05, 3.63) is 41.0 Å². The minimum Gasteiger partial charge on any atom is -0.310 e. The largest absolute Gasteiger partial charge is 0.310 e. The summed E-state index contributed by atoms with van der Waals surface area (Å²) in [5.41, 5.74) is 3.33. The van der Waals surface area contributed by atoms with Gasteiger partial charge in [-0.1, -0.05) is 44.5 Å². The number of nitrogens with one attached hydrogen (secondary N) is 1. The number of aryl methyl sites for hydroxylation is 1. The molecule has 0 spiro atoms. The summed E-state index contributed by atoms with van der Waals surface area (Å²) in [5, 5.41) is 8.53. The highest BCUT2D eigenvalue weighted by Gasteiger charge is 2.09. The van der Waals surface area contributed by atoms with E-state index in [9.17, 15) is 0 Å². The summed E-state index contributed by atoms with van der Waals surface area (Å²) in [6.07, 6.45) is 2.89. The van der Waals surface area contributed by atoms with Crippen LogP contribution in [0.25, 0.3) is 11.3 Å². The Kier molecular flexibility index (Phi) is 5.21. The fourth-order valence-electron chi connectivity index (χ4n) is 2.15. The van der Waals surface area contributed by atoms with Crippen molar-refractivity contribution in [2.24, 2.45) is 0 Å². The molecule has 20 heavy (non-hydrogen) atoms. The molecule has 0 fully saturated rings. The number of hydrogen-bond acceptors (Lipinski definition) is 2. The van der Waals surface area contributed by atoms with E-state index in [1.54, 1.807) is 0 Å². The highest BCUT2D eigenvalue weighted by Crippen LogP contribution is 2.28. The molecule has 4 heteroatoms. The summed E-state index contributed by atoms with van der Waals surface area (Å²) in [6.45, 7) is 8.17. The molecular weight excluding hydrogens is 270 g/mol. The van der Waals surface area contributed by atoms with Crippen LogP contribution in [0, 0.1) is 0 Å². The Balaban J connectivity index is 2.23. The lowest BCUT2D eigenvalue weighted by Crippen LogP contribution is -2.21. The number of rotatable bonds is 6. The van der Waals surface area contributed by atoms with E-state index in [0.717, 1.165) is 35.8 Å². The van der Waals surface area contributed by atoms with Gasteiger partial charge in [-0.05, 0) is 24.1 Å². The Morgan fingerprint density at radius 2 is 2.10 bits per heavy atom. The predicted molar refractivity (Wildman–Crippen MR) is 84.9 cm³/mol. The summed E-state index contributed by atoms with van der Waals surface area (Å²) in [6, 6.07) is 8.74. The quantitative estimate of drug-likeness (QED) is 0.868. The van der Waals surface area contributed by atoms with E-state index in [0.29, 0.717) is 6.04 Å². The molecule has 0 bridgehead atoms. The van der Waals surface area contributed by atoms with Crippen LogP contribution < -0.4 is 5.32 Å². The van der Waals surface area contributed by atoms with Crippen LogP contribution in [0.5, 0.6) is 0 Å². The van der Waals surface area contributed by atoms with Gasteiger partial charge in [0.15, 0.2) is 0 Å². The predicted octanol–water partition coefficient (Wildman–Crippen LogP) is 4.11. The van der Waals surface area contributed by atoms with Crippen LogP contribution in [0.3, 0.4) is 0 Å². The van der Waals surface area contributed by atoms with Crippen molar-refractivity contribution >= 4 is 11.6 Å². The second-order valence-electron chi connectivity index (χ2n) is 5.29. The number of benzene rings is 1. The number of nitrogens with zero attached hydrogens (tertiary/aromatic N) is 2. The molecule has 0 aliphatic rings. The van der Waals surface area contributed by atoms with Gasteiger partial charge in [0, 0.05) is 30.9 Å². The van der Waals surface area contributed by atoms with Crippen molar-refractivity contribution in [3.8, 4) is 11.3 Å². The van der Waals surface area contributed by atoms with Gasteiger partial charge in [-0.3, -0.25) is 4.68 Å². The van der Waals surface area contributed by atoms with E-state index in [4.69, 9.17) is 11.6 Å². The molecule has 0 saturated heterocycles. The minimum atomic E-state index is 0.472. The van der Waals surface area contributed by atoms with E-state index in [2.05, 4.69) is 43.3 Å². The monoisotopic (exact) mass is 291 g/mol. The maximum absolute atomic E-state index is 6.44. The van der Waals surface area contributed by atoms with E-state index >= 15 is 0 Å². The average Bonchev–Trinajstić information content (AvgIpc) is 2.85. The lowest BCUT2D eigenvalue weighted by atomic mass is 10.1. The van der Waals surface area contributed by atoms with Gasteiger partial charge < -0.3 is 5.32 Å². The maximum atomic E-state index is 6.44. The summed E-state index contributed by atoms with van der Waals surface area (Å²) < 4.78 is 2.01. The van der Waals surface area contributed by atoms with Gasteiger partial charge in [0.05, 0.1) is 10.7 Å². The molecule has 1 aromatic carbocycles. The van der Waals surface area contributed by atoms with E-state index in [1.165, 1.54) is 5.56 Å². The van der Waals surface area contributed by atoms with Crippen LogP contribution in [0.15, 0.2) is 30.5 Å². The molecule has 0 atom stereocenters. The van der Waals surface area contributed by atoms with Gasteiger partial charge >= 0.3 is 0 Å². The molecule has 0 saturated carbocycles. The van der Waals surface area contributed by atoms with Gasteiger partial charge in [-0.15, -0.1) is 0 Å². The molecule has 1 N–H and O–H groups in total. The summed E-state index contributed by atoms with van der Waals surface area (Å²) >= 11 is 6.44. The van der Waals surface area contributed by atoms with Crippen molar-refractivity contribution in [1.82, 2.24) is 15.1 Å². The first kappa shape index (κ1) is 15.1. The first-order valence-corrected chi connectivity index (χ1v) is 7.53. The van der Waals surface area contributed by atoms with Crippen molar-refractivity contribution in [1.29, 1.82) is 0 Å². The molecule has 0 aliphatic heterocycles. The van der Waals surface area contributed by atoms with Gasteiger partial charge in [-0.25, -0.2) is 0 Å². The molecule has 0 unspecified atom stereocenters. The topological polar surface area (TPSA) is 29.9 Å².